The van der Waals surface area contributed by atoms with Crippen LogP contribution in [0.2, 0.25) is 0 Å². The second-order valence-electron chi connectivity index (χ2n) is 7.39. The van der Waals surface area contributed by atoms with Gasteiger partial charge in [-0.1, -0.05) is 32.9 Å². The molecule has 1 N–H and O–H groups in total. The fourth-order valence-electron chi connectivity index (χ4n) is 2.68. The number of sulfonamides is 1. The van der Waals surface area contributed by atoms with E-state index in [1.54, 1.807) is 30.3 Å². The maximum Gasteiger partial charge on any atom is 0.332 e. The van der Waals surface area contributed by atoms with E-state index in [1.165, 1.54) is 4.31 Å². The van der Waals surface area contributed by atoms with Gasteiger partial charge in [-0.25, -0.2) is 13.2 Å². The lowest BCUT2D eigenvalue weighted by Crippen LogP contribution is -2.46. The van der Waals surface area contributed by atoms with Crippen LogP contribution >= 0.6 is 0 Å². The highest BCUT2D eigenvalue weighted by Gasteiger charge is 2.27. The molecule has 1 aromatic carbocycles. The molecule has 0 unspecified atom stereocenters. The largest absolute Gasteiger partial charge is 0.478 e. The number of piperazine rings is 1. The number of rotatable bonds is 4. The van der Waals surface area contributed by atoms with Crippen molar-refractivity contribution in [1.29, 1.82) is 0 Å². The Kier molecular flexibility index (Phi) is 5.71. The predicted octanol–water partition coefficient (Wildman–Crippen LogP) is 2.14. The second kappa shape index (κ2) is 7.27. The molecule has 1 heterocycles. The van der Waals surface area contributed by atoms with Gasteiger partial charge in [0.2, 0.25) is 10.0 Å². The number of carboxylic acids is 1. The molecule has 1 fully saturated rings. The highest BCUT2D eigenvalue weighted by Crippen LogP contribution is 2.28. The molecule has 0 saturated carbocycles. The minimum Gasteiger partial charge on any atom is -0.478 e. The number of aliphatic carboxylic acids is 1. The Bertz CT molecular complexity index is 753. The molecule has 0 atom stereocenters. The Hall–Kier alpha value is -1.70. The van der Waals surface area contributed by atoms with E-state index >= 15 is 0 Å². The third-order valence-corrected chi connectivity index (χ3v) is 6.24. The van der Waals surface area contributed by atoms with Crippen LogP contribution in [0.25, 0.3) is 6.08 Å². The van der Waals surface area contributed by atoms with E-state index in [0.717, 1.165) is 0 Å². The van der Waals surface area contributed by atoms with Crippen LogP contribution in [0.1, 0.15) is 26.3 Å². The third kappa shape index (κ3) is 4.68. The summed E-state index contributed by atoms with van der Waals surface area (Å²) in [5.41, 5.74) is 0.447. The van der Waals surface area contributed by atoms with Crippen molar-refractivity contribution in [1.82, 2.24) is 9.21 Å². The zero-order chi connectivity index (χ0) is 18.8. The first kappa shape index (κ1) is 19.6. The lowest BCUT2D eigenvalue weighted by molar-refractivity contribution is -0.133. The maximum atomic E-state index is 12.7. The lowest BCUT2D eigenvalue weighted by Gasteiger charge is -2.31. The highest BCUT2D eigenvalue weighted by molar-refractivity contribution is 7.89. The van der Waals surface area contributed by atoms with Crippen LogP contribution in [0.3, 0.4) is 0 Å². The van der Waals surface area contributed by atoms with E-state index in [0.29, 0.717) is 31.7 Å². The molecule has 25 heavy (non-hydrogen) atoms. The van der Waals surface area contributed by atoms with Crippen LogP contribution in [0.4, 0.5) is 0 Å². The van der Waals surface area contributed by atoms with Gasteiger partial charge in [0.25, 0.3) is 0 Å². The van der Waals surface area contributed by atoms with Crippen molar-refractivity contribution in [3.63, 3.8) is 0 Å². The van der Waals surface area contributed by atoms with Crippen LogP contribution in [0.15, 0.2) is 34.7 Å². The molecular weight excluding hydrogens is 340 g/mol. The summed E-state index contributed by atoms with van der Waals surface area (Å²) in [6, 6.07) is 6.39. The predicted molar refractivity (Wildman–Crippen MR) is 97.8 cm³/mol. The van der Waals surface area contributed by atoms with Gasteiger partial charge in [0.05, 0.1) is 4.90 Å². The summed E-state index contributed by atoms with van der Waals surface area (Å²) in [4.78, 5) is 13.8. The first-order chi connectivity index (χ1) is 11.5. The quantitative estimate of drug-likeness (QED) is 0.826. The fourth-order valence-corrected chi connectivity index (χ4v) is 4.10. The van der Waals surface area contributed by atoms with E-state index in [1.807, 2.05) is 27.8 Å². The first-order valence-electron chi connectivity index (χ1n) is 8.26. The first-order valence-corrected chi connectivity index (χ1v) is 9.70. The number of carbonyl (C=O) groups is 1. The van der Waals surface area contributed by atoms with Gasteiger partial charge in [-0.2, -0.15) is 4.31 Å². The van der Waals surface area contributed by atoms with Gasteiger partial charge in [-0.05, 0) is 36.2 Å². The molecule has 0 aliphatic carbocycles. The van der Waals surface area contributed by atoms with Crippen molar-refractivity contribution in [2.24, 2.45) is 5.41 Å². The topological polar surface area (TPSA) is 77.9 Å². The van der Waals surface area contributed by atoms with Crippen LogP contribution < -0.4 is 0 Å². The number of nitrogens with zero attached hydrogens (tertiary/aromatic N) is 2. The number of likely N-dealkylation sites (N-methyl/N-ethyl adjacent to an activating group) is 1. The molecule has 1 aromatic rings. The summed E-state index contributed by atoms with van der Waals surface area (Å²) in [5, 5.41) is 9.37. The zero-order valence-corrected chi connectivity index (χ0v) is 16.0. The van der Waals surface area contributed by atoms with Crippen molar-refractivity contribution in [2.75, 3.05) is 33.2 Å². The van der Waals surface area contributed by atoms with Crippen LogP contribution in [-0.2, 0) is 14.8 Å². The molecule has 2 rings (SSSR count). The van der Waals surface area contributed by atoms with Crippen molar-refractivity contribution in [3.8, 4) is 0 Å². The van der Waals surface area contributed by atoms with Gasteiger partial charge in [0, 0.05) is 31.8 Å². The maximum absolute atomic E-state index is 12.7. The minimum atomic E-state index is -3.51. The molecule has 6 nitrogen and oxygen atoms in total. The molecular formula is C18H26N2O4S. The van der Waals surface area contributed by atoms with Crippen molar-refractivity contribution in [3.05, 3.63) is 35.4 Å². The average Bonchev–Trinajstić information content (AvgIpc) is 2.52. The Morgan fingerprint density at radius 3 is 2.04 bits per heavy atom. The minimum absolute atomic E-state index is 0.238. The van der Waals surface area contributed by atoms with E-state index in [4.69, 9.17) is 0 Å². The Labute approximate surface area is 149 Å². The molecule has 1 aliphatic rings. The number of benzene rings is 1. The van der Waals surface area contributed by atoms with Crippen molar-refractivity contribution in [2.45, 2.75) is 25.7 Å². The van der Waals surface area contributed by atoms with Gasteiger partial charge in [-0.15, -0.1) is 0 Å². The molecule has 7 heteroatoms. The van der Waals surface area contributed by atoms with Gasteiger partial charge in [0.15, 0.2) is 0 Å². The number of hydrogen-bond acceptors (Lipinski definition) is 4. The zero-order valence-electron chi connectivity index (χ0n) is 15.2. The monoisotopic (exact) mass is 366 g/mol. The molecule has 0 aromatic heterocycles. The second-order valence-corrected chi connectivity index (χ2v) is 9.33. The summed E-state index contributed by atoms with van der Waals surface area (Å²) >= 11 is 0. The Balaban J connectivity index is 2.26. The van der Waals surface area contributed by atoms with E-state index in [-0.39, 0.29) is 10.5 Å². The summed E-state index contributed by atoms with van der Waals surface area (Å²) < 4.78 is 26.9. The molecule has 0 bridgehead atoms. The SMILES string of the molecule is CN1CCN(S(=O)(=O)c2ccc(C=C(C(=O)O)C(C)(C)C)cc2)CC1. The van der Waals surface area contributed by atoms with E-state index < -0.39 is 21.4 Å². The van der Waals surface area contributed by atoms with Gasteiger partial charge in [0.1, 0.15) is 0 Å². The summed E-state index contributed by atoms with van der Waals surface area (Å²) in [6.07, 6.45) is 1.59. The van der Waals surface area contributed by atoms with Crippen LogP contribution in [0, 0.1) is 5.41 Å². The number of carboxylic acid groups (broad SMARTS) is 1. The smallest absolute Gasteiger partial charge is 0.332 e. The fraction of sp³-hybridized carbons (Fsp3) is 0.500. The van der Waals surface area contributed by atoms with E-state index in [2.05, 4.69) is 4.90 Å². The molecule has 1 saturated heterocycles. The number of hydrogen-bond donors (Lipinski definition) is 1. The molecule has 0 spiro atoms. The molecule has 1 aliphatic heterocycles. The highest BCUT2D eigenvalue weighted by atomic mass is 32.2. The standard InChI is InChI=1S/C18H26N2O4S/c1-18(2,3)16(17(21)22)13-14-5-7-15(8-6-14)25(23,24)20-11-9-19(4)10-12-20/h5-8,13H,9-12H2,1-4H3,(H,21,22). The van der Waals surface area contributed by atoms with Crippen molar-refractivity contribution >= 4 is 22.1 Å². The van der Waals surface area contributed by atoms with Gasteiger partial charge >= 0.3 is 5.97 Å². The molecule has 0 radical (unpaired) electrons. The van der Waals surface area contributed by atoms with Gasteiger partial charge < -0.3 is 10.0 Å². The van der Waals surface area contributed by atoms with Crippen LogP contribution in [0.5, 0.6) is 0 Å². The Morgan fingerprint density at radius 1 is 1.08 bits per heavy atom. The van der Waals surface area contributed by atoms with Crippen molar-refractivity contribution < 1.29 is 18.3 Å². The summed E-state index contributed by atoms with van der Waals surface area (Å²) in [6.45, 7) is 7.89. The molecule has 0 amide bonds. The van der Waals surface area contributed by atoms with Gasteiger partial charge in [-0.3, -0.25) is 0 Å². The average molecular weight is 366 g/mol. The third-order valence-electron chi connectivity index (χ3n) is 4.33. The summed E-state index contributed by atoms with van der Waals surface area (Å²) in [7, 11) is -1.53. The Morgan fingerprint density at radius 2 is 1.60 bits per heavy atom. The lowest BCUT2D eigenvalue weighted by atomic mass is 9.85. The van der Waals surface area contributed by atoms with E-state index in [9.17, 15) is 18.3 Å². The van der Waals surface area contributed by atoms with Crippen LogP contribution in [-0.4, -0.2) is 61.9 Å². The summed E-state index contributed by atoms with van der Waals surface area (Å²) in [5.74, 6) is -0.971. The molecule has 138 valence electrons. The normalized spacial score (nSPS) is 18.3.